The first-order valence-electron chi connectivity index (χ1n) is 5.70. The van der Waals surface area contributed by atoms with E-state index in [-0.39, 0.29) is 5.56 Å². The van der Waals surface area contributed by atoms with Gasteiger partial charge in [0, 0.05) is 16.7 Å². The fraction of sp³-hybridized carbons (Fsp3) is 0.214. The fourth-order valence-electron chi connectivity index (χ4n) is 1.58. The minimum Gasteiger partial charge on any atom is -0.492 e. The van der Waals surface area contributed by atoms with Gasteiger partial charge in [0.05, 0.1) is 6.54 Å². The van der Waals surface area contributed by atoms with Crippen LogP contribution < -0.4 is 10.3 Å². The summed E-state index contributed by atoms with van der Waals surface area (Å²) in [6.45, 7) is 2.93. The van der Waals surface area contributed by atoms with Crippen LogP contribution in [-0.4, -0.2) is 11.2 Å². The van der Waals surface area contributed by atoms with Crippen LogP contribution in [-0.2, 0) is 6.54 Å². The molecule has 2 rings (SSSR count). The van der Waals surface area contributed by atoms with E-state index in [0.29, 0.717) is 13.2 Å². The maximum Gasteiger partial charge on any atom is 0.250 e. The van der Waals surface area contributed by atoms with Gasteiger partial charge in [-0.2, -0.15) is 0 Å². The molecule has 0 atom stereocenters. The van der Waals surface area contributed by atoms with E-state index < -0.39 is 0 Å². The van der Waals surface area contributed by atoms with Crippen molar-refractivity contribution >= 4 is 15.9 Å². The Kier molecular flexibility index (Phi) is 4.20. The van der Waals surface area contributed by atoms with Crippen molar-refractivity contribution in [3.05, 3.63) is 63.0 Å². The Morgan fingerprint density at radius 2 is 1.94 bits per heavy atom. The van der Waals surface area contributed by atoms with Gasteiger partial charge in [-0.3, -0.25) is 4.79 Å². The molecule has 0 spiro atoms. The number of benzene rings is 1. The van der Waals surface area contributed by atoms with Crippen LogP contribution in [0.5, 0.6) is 5.75 Å². The number of hydrogen-bond acceptors (Lipinski definition) is 2. The van der Waals surface area contributed by atoms with Crippen LogP contribution in [0.1, 0.15) is 5.56 Å². The maximum atomic E-state index is 11.6. The zero-order chi connectivity index (χ0) is 13.0. The topological polar surface area (TPSA) is 31.2 Å². The van der Waals surface area contributed by atoms with Gasteiger partial charge in [0.25, 0.3) is 5.56 Å². The normalized spacial score (nSPS) is 10.3. The third-order valence-electron chi connectivity index (χ3n) is 2.57. The lowest BCUT2D eigenvalue weighted by molar-refractivity contribution is 0.296. The summed E-state index contributed by atoms with van der Waals surface area (Å²) in [7, 11) is 0. The summed E-state index contributed by atoms with van der Waals surface area (Å²) < 4.78 is 8.23. The van der Waals surface area contributed by atoms with E-state index in [2.05, 4.69) is 15.9 Å². The van der Waals surface area contributed by atoms with E-state index in [0.717, 1.165) is 15.8 Å². The Morgan fingerprint density at radius 1 is 1.22 bits per heavy atom. The Hall–Kier alpha value is -1.55. The Bertz CT molecular complexity index is 575. The Morgan fingerprint density at radius 3 is 2.61 bits per heavy atom. The number of aromatic nitrogens is 1. The molecule has 0 saturated heterocycles. The molecule has 3 nitrogen and oxygen atoms in total. The lowest BCUT2D eigenvalue weighted by Gasteiger charge is -2.08. The summed E-state index contributed by atoms with van der Waals surface area (Å²) in [5, 5.41) is 0. The Labute approximate surface area is 114 Å². The Balaban J connectivity index is 1.92. The molecule has 0 aliphatic rings. The fourth-order valence-corrected chi connectivity index (χ4v) is 1.85. The number of halogens is 1. The number of hydrogen-bond donors (Lipinski definition) is 0. The molecule has 0 fully saturated rings. The minimum absolute atomic E-state index is 0.00871. The van der Waals surface area contributed by atoms with E-state index >= 15 is 0 Å². The van der Waals surface area contributed by atoms with Crippen LogP contribution in [0.15, 0.2) is 51.9 Å². The molecule has 0 amide bonds. The first-order chi connectivity index (χ1) is 8.65. The number of pyridine rings is 1. The summed E-state index contributed by atoms with van der Waals surface area (Å²) in [4.78, 5) is 11.6. The minimum atomic E-state index is 0.00871. The second-order valence-corrected chi connectivity index (χ2v) is 4.95. The SMILES string of the molecule is Cc1ccn(CCOc2ccc(Br)cc2)c(=O)c1. The van der Waals surface area contributed by atoms with Gasteiger partial charge in [0.15, 0.2) is 0 Å². The summed E-state index contributed by atoms with van der Waals surface area (Å²) in [5.41, 5.74) is 0.986. The van der Waals surface area contributed by atoms with E-state index in [9.17, 15) is 4.79 Å². The molecule has 0 saturated carbocycles. The molecule has 0 unspecified atom stereocenters. The van der Waals surface area contributed by atoms with Crippen LogP contribution in [0.2, 0.25) is 0 Å². The molecular formula is C14H14BrNO2. The lowest BCUT2D eigenvalue weighted by atomic mass is 10.3. The van der Waals surface area contributed by atoms with Crippen molar-refractivity contribution in [2.45, 2.75) is 13.5 Å². The van der Waals surface area contributed by atoms with E-state index in [1.807, 2.05) is 37.3 Å². The van der Waals surface area contributed by atoms with Gasteiger partial charge in [-0.05, 0) is 42.8 Å². The molecule has 0 bridgehead atoms. The second-order valence-electron chi connectivity index (χ2n) is 4.04. The second kappa shape index (κ2) is 5.87. The van der Waals surface area contributed by atoms with Gasteiger partial charge in [0.2, 0.25) is 0 Å². The predicted molar refractivity (Wildman–Crippen MR) is 75.1 cm³/mol. The number of nitrogens with zero attached hydrogens (tertiary/aromatic N) is 1. The van der Waals surface area contributed by atoms with Gasteiger partial charge in [0.1, 0.15) is 12.4 Å². The van der Waals surface area contributed by atoms with Crippen LogP contribution in [0.25, 0.3) is 0 Å². The molecular weight excluding hydrogens is 294 g/mol. The van der Waals surface area contributed by atoms with Crippen LogP contribution in [0.3, 0.4) is 0 Å². The third-order valence-corrected chi connectivity index (χ3v) is 3.09. The number of aryl methyl sites for hydroxylation is 1. The predicted octanol–water partition coefficient (Wildman–Crippen LogP) is 3.00. The van der Waals surface area contributed by atoms with Gasteiger partial charge < -0.3 is 9.30 Å². The zero-order valence-corrected chi connectivity index (χ0v) is 11.7. The quantitative estimate of drug-likeness (QED) is 0.869. The zero-order valence-electron chi connectivity index (χ0n) is 10.1. The van der Waals surface area contributed by atoms with Crippen molar-refractivity contribution in [2.24, 2.45) is 0 Å². The van der Waals surface area contributed by atoms with Crippen LogP contribution in [0, 0.1) is 6.92 Å². The lowest BCUT2D eigenvalue weighted by Crippen LogP contribution is -2.21. The molecule has 0 radical (unpaired) electrons. The van der Waals surface area contributed by atoms with Crippen molar-refractivity contribution in [3.63, 3.8) is 0 Å². The summed E-state index contributed by atoms with van der Waals surface area (Å²) in [6.07, 6.45) is 1.79. The molecule has 0 aliphatic carbocycles. The van der Waals surface area contributed by atoms with Crippen LogP contribution >= 0.6 is 15.9 Å². The highest BCUT2D eigenvalue weighted by Crippen LogP contribution is 2.15. The average molecular weight is 308 g/mol. The highest BCUT2D eigenvalue weighted by Gasteiger charge is 1.97. The number of rotatable bonds is 4. The van der Waals surface area contributed by atoms with Crippen molar-refractivity contribution in [2.75, 3.05) is 6.61 Å². The molecule has 94 valence electrons. The molecule has 0 N–H and O–H groups in total. The number of ether oxygens (including phenoxy) is 1. The summed E-state index contributed by atoms with van der Waals surface area (Å²) >= 11 is 3.37. The molecule has 1 aromatic heterocycles. The maximum absolute atomic E-state index is 11.6. The molecule has 4 heteroatoms. The van der Waals surface area contributed by atoms with Crippen molar-refractivity contribution in [1.29, 1.82) is 0 Å². The summed E-state index contributed by atoms with van der Waals surface area (Å²) in [5.74, 6) is 0.804. The standard InChI is InChI=1S/C14H14BrNO2/c1-11-6-7-16(14(17)10-11)8-9-18-13-4-2-12(15)3-5-13/h2-7,10H,8-9H2,1H3. The van der Waals surface area contributed by atoms with Gasteiger partial charge in [-0.15, -0.1) is 0 Å². The molecule has 1 heterocycles. The van der Waals surface area contributed by atoms with E-state index in [1.165, 1.54) is 0 Å². The molecule has 18 heavy (non-hydrogen) atoms. The van der Waals surface area contributed by atoms with Crippen molar-refractivity contribution in [3.8, 4) is 5.75 Å². The summed E-state index contributed by atoms with van der Waals surface area (Å²) in [6, 6.07) is 11.2. The largest absolute Gasteiger partial charge is 0.492 e. The molecule has 2 aromatic rings. The average Bonchev–Trinajstić information content (AvgIpc) is 2.34. The molecule has 0 aliphatic heterocycles. The third kappa shape index (κ3) is 3.47. The van der Waals surface area contributed by atoms with Gasteiger partial charge in [-0.25, -0.2) is 0 Å². The highest BCUT2D eigenvalue weighted by molar-refractivity contribution is 9.10. The van der Waals surface area contributed by atoms with E-state index in [1.54, 1.807) is 16.8 Å². The molecule has 1 aromatic carbocycles. The van der Waals surface area contributed by atoms with Gasteiger partial charge >= 0.3 is 0 Å². The van der Waals surface area contributed by atoms with Crippen molar-refractivity contribution in [1.82, 2.24) is 4.57 Å². The monoisotopic (exact) mass is 307 g/mol. The smallest absolute Gasteiger partial charge is 0.250 e. The first-order valence-corrected chi connectivity index (χ1v) is 6.50. The first kappa shape index (κ1) is 12.9. The van der Waals surface area contributed by atoms with E-state index in [4.69, 9.17) is 4.74 Å². The van der Waals surface area contributed by atoms with Crippen molar-refractivity contribution < 1.29 is 4.74 Å². The highest BCUT2D eigenvalue weighted by atomic mass is 79.9. The van der Waals surface area contributed by atoms with Crippen LogP contribution in [0.4, 0.5) is 0 Å². The van der Waals surface area contributed by atoms with Gasteiger partial charge in [-0.1, -0.05) is 15.9 Å².